The second-order valence-corrected chi connectivity index (χ2v) is 6.01. The van der Waals surface area contributed by atoms with E-state index >= 15 is 0 Å². The van der Waals surface area contributed by atoms with Crippen LogP contribution in [-0.4, -0.2) is 29.0 Å². The fourth-order valence-electron chi connectivity index (χ4n) is 2.78. The number of hydrogen-bond acceptors (Lipinski definition) is 4. The molecule has 1 amide bonds. The number of alkyl halides is 2. The lowest BCUT2D eigenvalue weighted by Crippen LogP contribution is -2.16. The summed E-state index contributed by atoms with van der Waals surface area (Å²) >= 11 is 0. The molecule has 150 valence electrons. The Bertz CT molecular complexity index is 1050. The quantitative estimate of drug-likeness (QED) is 0.491. The molecule has 2 aromatic carbocycles. The highest BCUT2D eigenvalue weighted by atomic mass is 19.3. The lowest BCUT2D eigenvalue weighted by atomic mass is 10.0. The van der Waals surface area contributed by atoms with Crippen molar-refractivity contribution in [2.45, 2.75) is 6.43 Å². The number of nitrogens with one attached hydrogen (secondary N) is 1. The van der Waals surface area contributed by atoms with E-state index in [4.69, 9.17) is 0 Å². The maximum Gasteiger partial charge on any atom is 0.283 e. The van der Waals surface area contributed by atoms with E-state index in [1.165, 1.54) is 13.3 Å². The molecule has 3 rings (SSSR count). The van der Waals surface area contributed by atoms with Crippen LogP contribution in [0.5, 0.6) is 0 Å². The number of anilines is 1. The SMILES string of the molecule is CO/N=C\c1ccc(-c2ccccc2NC(=O)c2c(C(F)F)nn(C)c2F)cc1. The van der Waals surface area contributed by atoms with Crippen molar-refractivity contribution in [2.75, 3.05) is 12.4 Å². The standard InChI is InChI=1S/C20H17F3N4O2/c1-27-19(23)16(17(26-27)18(21)22)20(28)25-15-6-4-3-5-14(15)13-9-7-12(8-10-13)11-24-29-2/h3-11,18H,1-2H3,(H,25,28)/b24-11-. The fourth-order valence-corrected chi connectivity index (χ4v) is 2.78. The Morgan fingerprint density at radius 2 is 1.90 bits per heavy atom. The predicted octanol–water partition coefficient (Wildman–Crippen LogP) is 4.40. The van der Waals surface area contributed by atoms with E-state index in [2.05, 4.69) is 20.4 Å². The first kappa shape index (κ1) is 20.1. The Kier molecular flexibility index (Phi) is 5.96. The number of carbonyl (C=O) groups is 1. The minimum absolute atomic E-state index is 0.347. The minimum Gasteiger partial charge on any atom is -0.399 e. The maximum absolute atomic E-state index is 14.2. The van der Waals surface area contributed by atoms with Crippen molar-refractivity contribution in [1.29, 1.82) is 0 Å². The molecule has 9 heteroatoms. The summed E-state index contributed by atoms with van der Waals surface area (Å²) in [5.41, 5.74) is 0.871. The van der Waals surface area contributed by atoms with Gasteiger partial charge in [-0.2, -0.15) is 9.49 Å². The molecular weight excluding hydrogens is 385 g/mol. The second kappa shape index (κ2) is 8.59. The first-order chi connectivity index (χ1) is 13.9. The number of amides is 1. The molecule has 0 aliphatic carbocycles. The van der Waals surface area contributed by atoms with Crippen LogP contribution in [-0.2, 0) is 11.9 Å². The van der Waals surface area contributed by atoms with Gasteiger partial charge in [0.25, 0.3) is 12.3 Å². The summed E-state index contributed by atoms with van der Waals surface area (Å²) in [5, 5.41) is 9.59. The van der Waals surface area contributed by atoms with E-state index < -0.39 is 29.5 Å². The molecule has 0 saturated heterocycles. The summed E-state index contributed by atoms with van der Waals surface area (Å²) in [6.07, 6.45) is -1.54. The highest BCUT2D eigenvalue weighted by Gasteiger charge is 2.28. The van der Waals surface area contributed by atoms with Crippen LogP contribution in [0.3, 0.4) is 0 Å². The first-order valence-electron chi connectivity index (χ1n) is 8.50. The maximum atomic E-state index is 14.2. The zero-order valence-corrected chi connectivity index (χ0v) is 15.6. The number of rotatable bonds is 6. The molecule has 0 fully saturated rings. The fraction of sp³-hybridized carbons (Fsp3) is 0.150. The van der Waals surface area contributed by atoms with Crippen molar-refractivity contribution in [3.05, 3.63) is 71.3 Å². The number of oxime groups is 1. The molecule has 0 aliphatic rings. The van der Waals surface area contributed by atoms with Gasteiger partial charge in [-0.05, 0) is 17.2 Å². The highest BCUT2D eigenvalue weighted by molar-refractivity contribution is 6.07. The normalized spacial score (nSPS) is 11.2. The highest BCUT2D eigenvalue weighted by Crippen LogP contribution is 2.30. The zero-order valence-electron chi connectivity index (χ0n) is 15.6. The molecule has 1 aromatic heterocycles. The smallest absolute Gasteiger partial charge is 0.283 e. The average molecular weight is 402 g/mol. The number of para-hydroxylation sites is 1. The summed E-state index contributed by atoms with van der Waals surface area (Å²) in [7, 11) is 2.59. The van der Waals surface area contributed by atoms with Gasteiger partial charge in [-0.15, -0.1) is 0 Å². The Morgan fingerprint density at radius 3 is 2.55 bits per heavy atom. The van der Waals surface area contributed by atoms with Crippen molar-refractivity contribution >= 4 is 17.8 Å². The number of benzene rings is 2. The monoisotopic (exact) mass is 402 g/mol. The summed E-state index contributed by atoms with van der Waals surface area (Å²) in [6, 6.07) is 14.0. The Labute approximate surface area is 164 Å². The number of hydrogen-bond donors (Lipinski definition) is 1. The second-order valence-electron chi connectivity index (χ2n) is 6.01. The van der Waals surface area contributed by atoms with Gasteiger partial charge in [-0.1, -0.05) is 47.6 Å². The molecule has 6 nitrogen and oxygen atoms in total. The molecule has 0 aliphatic heterocycles. The summed E-state index contributed by atoms with van der Waals surface area (Å²) in [5.74, 6) is -2.13. The van der Waals surface area contributed by atoms with E-state index in [1.54, 1.807) is 48.5 Å². The first-order valence-corrected chi connectivity index (χ1v) is 8.50. The molecule has 29 heavy (non-hydrogen) atoms. The Morgan fingerprint density at radius 1 is 1.21 bits per heavy atom. The predicted molar refractivity (Wildman–Crippen MR) is 103 cm³/mol. The van der Waals surface area contributed by atoms with Crippen molar-refractivity contribution in [2.24, 2.45) is 12.2 Å². The zero-order chi connectivity index (χ0) is 21.0. The molecule has 3 aromatic rings. The van der Waals surface area contributed by atoms with Crippen LogP contribution in [0.15, 0.2) is 53.7 Å². The molecule has 0 bridgehead atoms. The lowest BCUT2D eigenvalue weighted by molar-refractivity contribution is 0.100. The topological polar surface area (TPSA) is 68.5 Å². The molecule has 0 radical (unpaired) electrons. The van der Waals surface area contributed by atoms with Crippen LogP contribution in [0, 0.1) is 5.95 Å². The van der Waals surface area contributed by atoms with E-state index in [1.807, 2.05) is 0 Å². The largest absolute Gasteiger partial charge is 0.399 e. The van der Waals surface area contributed by atoms with Crippen LogP contribution in [0.4, 0.5) is 18.9 Å². The van der Waals surface area contributed by atoms with Gasteiger partial charge in [0.1, 0.15) is 18.4 Å². The molecule has 1 heterocycles. The Hall–Kier alpha value is -3.62. The van der Waals surface area contributed by atoms with Gasteiger partial charge in [-0.3, -0.25) is 4.79 Å². The van der Waals surface area contributed by atoms with E-state index in [9.17, 15) is 18.0 Å². The molecular formula is C20H17F3N4O2. The number of halogens is 3. The van der Waals surface area contributed by atoms with Gasteiger partial charge < -0.3 is 10.2 Å². The van der Waals surface area contributed by atoms with Gasteiger partial charge in [-0.25, -0.2) is 13.5 Å². The van der Waals surface area contributed by atoms with Crippen molar-refractivity contribution in [3.63, 3.8) is 0 Å². The molecule has 0 saturated carbocycles. The number of carbonyl (C=O) groups excluding carboxylic acids is 1. The van der Waals surface area contributed by atoms with Gasteiger partial charge >= 0.3 is 0 Å². The van der Waals surface area contributed by atoms with E-state index in [0.29, 0.717) is 15.9 Å². The third-order valence-electron chi connectivity index (χ3n) is 4.14. The molecule has 0 atom stereocenters. The number of aromatic nitrogens is 2. The van der Waals surface area contributed by atoms with Crippen LogP contribution in [0.25, 0.3) is 11.1 Å². The Balaban J connectivity index is 1.92. The number of aryl methyl sites for hydroxylation is 1. The van der Waals surface area contributed by atoms with E-state index in [-0.39, 0.29) is 0 Å². The minimum atomic E-state index is -3.08. The summed E-state index contributed by atoms with van der Waals surface area (Å²) in [6.45, 7) is 0. The van der Waals surface area contributed by atoms with E-state index in [0.717, 1.165) is 18.2 Å². The summed E-state index contributed by atoms with van der Waals surface area (Å²) < 4.78 is 41.1. The van der Waals surface area contributed by atoms with Gasteiger partial charge in [0, 0.05) is 18.3 Å². The van der Waals surface area contributed by atoms with Crippen LogP contribution >= 0.6 is 0 Å². The number of nitrogens with zero attached hydrogens (tertiary/aromatic N) is 3. The molecule has 0 spiro atoms. The van der Waals surface area contributed by atoms with Crippen LogP contribution in [0.2, 0.25) is 0 Å². The lowest BCUT2D eigenvalue weighted by Gasteiger charge is -2.11. The van der Waals surface area contributed by atoms with Crippen LogP contribution < -0.4 is 5.32 Å². The third-order valence-corrected chi connectivity index (χ3v) is 4.14. The van der Waals surface area contributed by atoms with Crippen molar-refractivity contribution in [1.82, 2.24) is 9.78 Å². The van der Waals surface area contributed by atoms with Crippen molar-refractivity contribution < 1.29 is 22.8 Å². The molecule has 1 N–H and O–H groups in total. The van der Waals surface area contributed by atoms with Crippen LogP contribution in [0.1, 0.15) is 28.0 Å². The summed E-state index contributed by atoms with van der Waals surface area (Å²) in [4.78, 5) is 17.2. The third kappa shape index (κ3) is 4.29. The van der Waals surface area contributed by atoms with Gasteiger partial charge in [0.2, 0.25) is 5.95 Å². The van der Waals surface area contributed by atoms with Crippen molar-refractivity contribution in [3.8, 4) is 11.1 Å². The molecule has 0 unspecified atom stereocenters. The average Bonchev–Trinajstić information content (AvgIpc) is 3.02. The van der Waals surface area contributed by atoms with Gasteiger partial charge in [0.15, 0.2) is 0 Å². The van der Waals surface area contributed by atoms with Gasteiger partial charge in [0.05, 0.1) is 6.21 Å².